The summed E-state index contributed by atoms with van der Waals surface area (Å²) in [6, 6.07) is 15.4. The number of thioether (sulfide) groups is 1. The van der Waals surface area contributed by atoms with E-state index in [0.717, 1.165) is 40.4 Å². The molecule has 0 saturated heterocycles. The molecular formula is C21H22N4O2S. The molecule has 3 aromatic rings. The quantitative estimate of drug-likeness (QED) is 0.649. The summed E-state index contributed by atoms with van der Waals surface area (Å²) in [5, 5.41) is 5.77. The highest BCUT2D eigenvalue weighted by atomic mass is 32.2. The van der Waals surface area contributed by atoms with Gasteiger partial charge in [-0.2, -0.15) is 0 Å². The maximum absolute atomic E-state index is 13.0. The Morgan fingerprint density at radius 2 is 1.96 bits per heavy atom. The molecule has 0 aliphatic carbocycles. The number of nitrogens with one attached hydrogen (secondary N) is 2. The number of para-hydroxylation sites is 3. The number of amides is 2. The van der Waals surface area contributed by atoms with Crippen LogP contribution in [0.4, 0.5) is 5.69 Å². The van der Waals surface area contributed by atoms with E-state index in [1.54, 1.807) is 6.92 Å². The molecule has 4 rings (SSSR count). The number of nitrogens with zero attached hydrogens (tertiary/aromatic N) is 2. The summed E-state index contributed by atoms with van der Waals surface area (Å²) >= 11 is 1.28. The van der Waals surface area contributed by atoms with Crippen molar-refractivity contribution >= 4 is 40.3 Å². The van der Waals surface area contributed by atoms with Gasteiger partial charge in [0.05, 0.1) is 23.3 Å². The van der Waals surface area contributed by atoms with Crippen LogP contribution in [-0.2, 0) is 22.7 Å². The Balaban J connectivity index is 1.56. The number of aryl methyl sites for hydroxylation is 1. The normalized spacial score (nSPS) is 18.6. The van der Waals surface area contributed by atoms with Gasteiger partial charge in [-0.25, -0.2) is 4.98 Å². The summed E-state index contributed by atoms with van der Waals surface area (Å²) in [5.41, 5.74) is 2.70. The van der Waals surface area contributed by atoms with Gasteiger partial charge in [-0.3, -0.25) is 9.59 Å². The number of carbonyl (C=O) groups excluding carboxylic acids is 2. The molecule has 2 aromatic carbocycles. The van der Waals surface area contributed by atoms with E-state index in [9.17, 15) is 9.59 Å². The van der Waals surface area contributed by atoms with Crippen molar-refractivity contribution in [1.82, 2.24) is 14.9 Å². The summed E-state index contributed by atoms with van der Waals surface area (Å²) in [5.74, 6) is 0.164. The van der Waals surface area contributed by atoms with Gasteiger partial charge in [-0.1, -0.05) is 43.0 Å². The number of anilines is 1. The van der Waals surface area contributed by atoms with Crippen LogP contribution in [0.5, 0.6) is 0 Å². The van der Waals surface area contributed by atoms with Crippen LogP contribution in [-0.4, -0.2) is 26.1 Å². The van der Waals surface area contributed by atoms with Crippen LogP contribution in [0, 0.1) is 0 Å². The lowest BCUT2D eigenvalue weighted by molar-refractivity contribution is -0.130. The van der Waals surface area contributed by atoms with Crippen LogP contribution < -0.4 is 10.6 Å². The van der Waals surface area contributed by atoms with Gasteiger partial charge in [-0.15, -0.1) is 0 Å². The second-order valence-corrected chi connectivity index (χ2v) is 8.40. The molecule has 0 fully saturated rings. The van der Waals surface area contributed by atoms with E-state index in [1.807, 2.05) is 48.5 Å². The van der Waals surface area contributed by atoms with Gasteiger partial charge >= 0.3 is 0 Å². The summed E-state index contributed by atoms with van der Waals surface area (Å²) < 4.78 is 0.900. The molecule has 0 radical (unpaired) electrons. The smallest absolute Gasteiger partial charge is 0.250 e. The van der Waals surface area contributed by atoms with Crippen molar-refractivity contribution in [3.63, 3.8) is 0 Å². The lowest BCUT2D eigenvalue weighted by Crippen LogP contribution is -2.52. The average molecular weight is 395 g/mol. The van der Waals surface area contributed by atoms with Crippen molar-refractivity contribution in [1.29, 1.82) is 0 Å². The van der Waals surface area contributed by atoms with Gasteiger partial charge in [0.2, 0.25) is 11.8 Å². The van der Waals surface area contributed by atoms with Crippen molar-refractivity contribution < 1.29 is 9.59 Å². The van der Waals surface area contributed by atoms with Crippen LogP contribution in [0.2, 0.25) is 0 Å². The zero-order valence-electron chi connectivity index (χ0n) is 15.9. The van der Waals surface area contributed by atoms with E-state index < -0.39 is 4.75 Å². The molecule has 6 nitrogen and oxygen atoms in total. The number of benzene rings is 2. The number of hydrogen-bond donors (Lipinski definition) is 2. The van der Waals surface area contributed by atoms with Gasteiger partial charge in [0, 0.05) is 11.4 Å². The minimum atomic E-state index is -1.23. The minimum Gasteiger partial charge on any atom is -0.347 e. The fourth-order valence-electron chi connectivity index (χ4n) is 3.38. The summed E-state index contributed by atoms with van der Waals surface area (Å²) in [4.78, 5) is 31.2. The first-order valence-corrected chi connectivity index (χ1v) is 10.2. The zero-order valence-corrected chi connectivity index (χ0v) is 16.7. The Morgan fingerprint density at radius 1 is 1.21 bits per heavy atom. The van der Waals surface area contributed by atoms with Gasteiger partial charge in [-0.05, 0) is 37.6 Å². The number of rotatable bonds is 5. The predicted octanol–water partition coefficient (Wildman–Crippen LogP) is 3.57. The molecule has 0 saturated carbocycles. The van der Waals surface area contributed by atoms with Crippen molar-refractivity contribution in [3.8, 4) is 0 Å². The van der Waals surface area contributed by atoms with Crippen molar-refractivity contribution in [2.75, 3.05) is 5.32 Å². The fraction of sp³-hybridized carbons (Fsp3) is 0.286. The second kappa shape index (κ2) is 7.31. The molecule has 1 atom stereocenters. The second-order valence-electron chi connectivity index (χ2n) is 6.94. The van der Waals surface area contributed by atoms with Crippen molar-refractivity contribution in [2.45, 2.75) is 43.0 Å². The Morgan fingerprint density at radius 3 is 2.79 bits per heavy atom. The number of carbonyl (C=O) groups is 2. The maximum atomic E-state index is 13.0. The summed E-state index contributed by atoms with van der Waals surface area (Å²) in [7, 11) is 0. The third-order valence-electron chi connectivity index (χ3n) is 4.90. The van der Waals surface area contributed by atoms with Gasteiger partial charge in [0.15, 0.2) is 4.75 Å². The van der Waals surface area contributed by atoms with Crippen LogP contribution in [0.15, 0.2) is 53.4 Å². The first-order valence-electron chi connectivity index (χ1n) is 9.35. The van der Waals surface area contributed by atoms with Crippen LogP contribution in [0.25, 0.3) is 11.0 Å². The molecule has 1 aliphatic rings. The third kappa shape index (κ3) is 3.16. The summed E-state index contributed by atoms with van der Waals surface area (Å²) in [6.45, 7) is 4.87. The number of fused-ring (bicyclic) bond motifs is 2. The minimum absolute atomic E-state index is 0.276. The zero-order chi connectivity index (χ0) is 19.7. The lowest BCUT2D eigenvalue weighted by Gasteiger charge is -2.31. The Hall–Kier alpha value is -2.80. The molecule has 1 unspecified atom stereocenters. The van der Waals surface area contributed by atoms with E-state index in [1.165, 1.54) is 11.8 Å². The molecule has 0 bridgehead atoms. The van der Waals surface area contributed by atoms with Crippen molar-refractivity contribution in [3.05, 3.63) is 54.4 Å². The van der Waals surface area contributed by atoms with Gasteiger partial charge in [0.1, 0.15) is 5.82 Å². The highest BCUT2D eigenvalue weighted by Crippen LogP contribution is 2.42. The number of hydrogen-bond acceptors (Lipinski definition) is 4. The molecule has 144 valence electrons. The SMILES string of the molecule is CCCn1c(CNC(=O)C2(C)Sc3ccccc3NC2=O)nc2ccccc21. The predicted molar refractivity (Wildman–Crippen MR) is 111 cm³/mol. The standard InChI is InChI=1S/C21H22N4O2S/c1-3-12-25-16-10-6-4-8-14(16)23-18(25)13-22-19(26)21(2)20(27)24-15-9-5-7-11-17(15)28-21/h4-11H,3,12-13H2,1-2H3,(H,22,26)(H,24,27). The lowest BCUT2D eigenvalue weighted by atomic mass is 10.1. The largest absolute Gasteiger partial charge is 0.347 e. The molecule has 7 heteroatoms. The average Bonchev–Trinajstić information content (AvgIpc) is 3.05. The first kappa shape index (κ1) is 18.6. The van der Waals surface area contributed by atoms with Crippen LogP contribution in [0.3, 0.4) is 0 Å². The van der Waals surface area contributed by atoms with Crippen LogP contribution in [0.1, 0.15) is 26.1 Å². The first-order chi connectivity index (χ1) is 13.5. The molecule has 2 heterocycles. The van der Waals surface area contributed by atoms with Crippen LogP contribution >= 0.6 is 11.8 Å². The third-order valence-corrected chi connectivity index (χ3v) is 6.26. The van der Waals surface area contributed by atoms with E-state index in [-0.39, 0.29) is 18.4 Å². The maximum Gasteiger partial charge on any atom is 0.250 e. The molecular weight excluding hydrogens is 372 g/mol. The number of aromatic nitrogens is 2. The molecule has 2 N–H and O–H groups in total. The highest BCUT2D eigenvalue weighted by molar-refractivity contribution is 8.02. The van der Waals surface area contributed by atoms with E-state index >= 15 is 0 Å². The van der Waals surface area contributed by atoms with Gasteiger partial charge < -0.3 is 15.2 Å². The number of imidazole rings is 1. The van der Waals surface area contributed by atoms with Gasteiger partial charge in [0.25, 0.3) is 0 Å². The van der Waals surface area contributed by atoms with E-state index in [2.05, 4.69) is 27.1 Å². The molecule has 2 amide bonds. The monoisotopic (exact) mass is 394 g/mol. The van der Waals surface area contributed by atoms with Crippen molar-refractivity contribution in [2.24, 2.45) is 0 Å². The fourth-order valence-corrected chi connectivity index (χ4v) is 4.50. The molecule has 1 aromatic heterocycles. The molecule has 28 heavy (non-hydrogen) atoms. The molecule has 1 aliphatic heterocycles. The topological polar surface area (TPSA) is 76.0 Å². The summed E-state index contributed by atoms with van der Waals surface area (Å²) in [6.07, 6.45) is 0.966. The Bertz CT molecular complexity index is 1060. The van der Waals surface area contributed by atoms with E-state index in [0.29, 0.717) is 0 Å². The Kier molecular flexibility index (Phi) is 4.85. The highest BCUT2D eigenvalue weighted by Gasteiger charge is 2.45. The molecule has 0 spiro atoms. The Labute approximate surface area is 167 Å². The van der Waals surface area contributed by atoms with E-state index in [4.69, 9.17) is 0 Å².